The molecule has 11 nitrogen and oxygen atoms in total. The molecule has 0 aromatic heterocycles. The zero-order valence-electron chi connectivity index (χ0n) is 15.4. The van der Waals surface area contributed by atoms with Crippen LogP contribution in [0.3, 0.4) is 0 Å². The fourth-order valence-corrected chi connectivity index (χ4v) is 2.14. The first-order valence-corrected chi connectivity index (χ1v) is 8.88. The van der Waals surface area contributed by atoms with Crippen LogP contribution in [0.1, 0.15) is 20.8 Å². The second-order valence-electron chi connectivity index (χ2n) is 6.33. The molecule has 0 aromatic rings. The first-order chi connectivity index (χ1) is 12.5. The summed E-state index contributed by atoms with van der Waals surface area (Å²) in [6.45, 7) is 3.65. The molecule has 0 fully saturated rings. The van der Waals surface area contributed by atoms with Gasteiger partial charge in [-0.15, -0.1) is 0 Å². The van der Waals surface area contributed by atoms with Gasteiger partial charge < -0.3 is 37.0 Å². The number of carbonyl (C=O) groups excluding carboxylic acids is 3. The van der Waals surface area contributed by atoms with Crippen LogP contribution >= 0.6 is 12.6 Å². The van der Waals surface area contributed by atoms with Crippen molar-refractivity contribution in [2.45, 2.75) is 51.0 Å². The number of aliphatic hydroxyl groups is 2. The molecule has 0 aromatic carbocycles. The van der Waals surface area contributed by atoms with Crippen molar-refractivity contribution in [2.75, 3.05) is 12.4 Å². The zero-order valence-corrected chi connectivity index (χ0v) is 16.3. The van der Waals surface area contributed by atoms with Crippen molar-refractivity contribution in [3.05, 3.63) is 0 Å². The van der Waals surface area contributed by atoms with Gasteiger partial charge in [0.1, 0.15) is 18.1 Å². The highest BCUT2D eigenvalue weighted by Crippen LogP contribution is 2.05. The minimum Gasteiger partial charge on any atom is -0.480 e. The third-order valence-corrected chi connectivity index (χ3v) is 4.03. The summed E-state index contributed by atoms with van der Waals surface area (Å²) >= 11 is 3.88. The van der Waals surface area contributed by atoms with Crippen molar-refractivity contribution in [1.29, 1.82) is 0 Å². The summed E-state index contributed by atoms with van der Waals surface area (Å²) in [5, 5.41) is 34.4. The molecule has 5 atom stereocenters. The van der Waals surface area contributed by atoms with Crippen LogP contribution in [-0.4, -0.2) is 81.6 Å². The number of aliphatic hydroxyl groups excluding tert-OH is 2. The van der Waals surface area contributed by atoms with Gasteiger partial charge in [0.2, 0.25) is 17.7 Å². The number of nitrogens with two attached hydrogens (primary N) is 1. The smallest absolute Gasteiger partial charge is 0.328 e. The third-order valence-electron chi connectivity index (χ3n) is 3.64. The van der Waals surface area contributed by atoms with Gasteiger partial charge in [-0.25, -0.2) is 4.79 Å². The van der Waals surface area contributed by atoms with E-state index < -0.39 is 66.5 Å². The van der Waals surface area contributed by atoms with Crippen LogP contribution < -0.4 is 21.7 Å². The molecule has 3 amide bonds. The van der Waals surface area contributed by atoms with Crippen LogP contribution in [0.5, 0.6) is 0 Å². The largest absolute Gasteiger partial charge is 0.480 e. The Morgan fingerprint density at radius 1 is 0.963 bits per heavy atom. The fraction of sp³-hybridized carbons (Fsp3) is 0.733. The predicted molar refractivity (Wildman–Crippen MR) is 98.9 cm³/mol. The summed E-state index contributed by atoms with van der Waals surface area (Å²) in [4.78, 5) is 47.5. The van der Waals surface area contributed by atoms with Crippen molar-refractivity contribution in [3.63, 3.8) is 0 Å². The van der Waals surface area contributed by atoms with E-state index >= 15 is 0 Å². The molecule has 156 valence electrons. The molecule has 12 heteroatoms. The predicted octanol–water partition coefficient (Wildman–Crippen LogP) is -3.19. The summed E-state index contributed by atoms with van der Waals surface area (Å²) in [5.74, 6) is -4.25. The van der Waals surface area contributed by atoms with Crippen LogP contribution in [0.2, 0.25) is 0 Å². The Bertz CT molecular complexity index is 544. The van der Waals surface area contributed by atoms with E-state index in [9.17, 15) is 24.3 Å². The van der Waals surface area contributed by atoms with Gasteiger partial charge in [0.05, 0.1) is 18.8 Å². The molecule has 0 aliphatic rings. The monoisotopic (exact) mass is 408 g/mol. The van der Waals surface area contributed by atoms with E-state index in [2.05, 4.69) is 28.6 Å². The van der Waals surface area contributed by atoms with Crippen LogP contribution in [-0.2, 0) is 19.2 Å². The van der Waals surface area contributed by atoms with Gasteiger partial charge >= 0.3 is 5.97 Å². The molecule has 0 aliphatic heterocycles. The topological polar surface area (TPSA) is 191 Å². The maximum absolute atomic E-state index is 12.4. The summed E-state index contributed by atoms with van der Waals surface area (Å²) in [6.07, 6.45) is -1.29. The van der Waals surface area contributed by atoms with E-state index in [4.69, 9.17) is 15.9 Å². The van der Waals surface area contributed by atoms with Crippen molar-refractivity contribution in [2.24, 2.45) is 11.7 Å². The van der Waals surface area contributed by atoms with Crippen LogP contribution in [0, 0.1) is 5.92 Å². The standard InChI is InChI=1S/C15H28N4O7S/c1-6(2)10(13(23)17-9(4-20)15(25)26)18-14(24)11(7(3)21)19-12(22)8(16)5-27/h6-11,20-21,27H,4-5,16H2,1-3H3,(H,17,23)(H,18,24)(H,19,22)(H,25,26). The lowest BCUT2D eigenvalue weighted by atomic mass is 10.0. The number of aliphatic carboxylic acids is 1. The van der Waals surface area contributed by atoms with Gasteiger partial charge in [0.15, 0.2) is 0 Å². The maximum atomic E-state index is 12.4. The SMILES string of the molecule is CC(C)C(NC(=O)C(NC(=O)C(N)CS)C(C)O)C(=O)NC(CO)C(=O)O. The molecule has 0 spiro atoms. The average Bonchev–Trinajstić information content (AvgIpc) is 2.59. The average molecular weight is 408 g/mol. The normalized spacial score (nSPS) is 16.6. The molecule has 0 bridgehead atoms. The van der Waals surface area contributed by atoms with E-state index in [-0.39, 0.29) is 5.75 Å². The fourth-order valence-electron chi connectivity index (χ4n) is 1.97. The molecule has 8 N–H and O–H groups in total. The number of amides is 3. The molecule has 0 saturated carbocycles. The molecule has 0 rings (SSSR count). The molecular weight excluding hydrogens is 380 g/mol. The second kappa shape index (κ2) is 11.7. The number of hydrogen-bond donors (Lipinski definition) is 8. The molecule has 0 heterocycles. The van der Waals surface area contributed by atoms with Crippen molar-refractivity contribution in [1.82, 2.24) is 16.0 Å². The van der Waals surface area contributed by atoms with Crippen molar-refractivity contribution in [3.8, 4) is 0 Å². The molecule has 0 aliphatic carbocycles. The number of carbonyl (C=O) groups is 4. The summed E-state index contributed by atoms with van der Waals surface area (Å²) in [7, 11) is 0. The Kier molecular flexibility index (Phi) is 10.9. The Morgan fingerprint density at radius 3 is 1.81 bits per heavy atom. The molecule has 0 saturated heterocycles. The molecule has 5 unspecified atom stereocenters. The highest BCUT2D eigenvalue weighted by atomic mass is 32.1. The minimum absolute atomic E-state index is 0.0226. The zero-order chi connectivity index (χ0) is 21.3. The number of carboxylic acids is 1. The van der Waals surface area contributed by atoms with Gasteiger partial charge in [0, 0.05) is 5.75 Å². The van der Waals surface area contributed by atoms with Gasteiger partial charge in [0.25, 0.3) is 0 Å². The van der Waals surface area contributed by atoms with Crippen molar-refractivity contribution >= 4 is 36.3 Å². The maximum Gasteiger partial charge on any atom is 0.328 e. The quantitative estimate of drug-likeness (QED) is 0.164. The van der Waals surface area contributed by atoms with Crippen LogP contribution in [0.15, 0.2) is 0 Å². The number of carboxylic acid groups (broad SMARTS) is 1. The van der Waals surface area contributed by atoms with Gasteiger partial charge in [-0.2, -0.15) is 12.6 Å². The van der Waals surface area contributed by atoms with Crippen LogP contribution in [0.4, 0.5) is 0 Å². The molecular formula is C15H28N4O7S. The first kappa shape index (κ1) is 25.1. The molecule has 0 radical (unpaired) electrons. The van der Waals surface area contributed by atoms with E-state index in [0.29, 0.717) is 0 Å². The molecule has 27 heavy (non-hydrogen) atoms. The number of nitrogens with one attached hydrogen (secondary N) is 3. The second-order valence-corrected chi connectivity index (χ2v) is 6.69. The minimum atomic E-state index is -1.53. The number of thiol groups is 1. The van der Waals surface area contributed by atoms with Gasteiger partial charge in [-0.05, 0) is 12.8 Å². The first-order valence-electron chi connectivity index (χ1n) is 8.25. The Labute approximate surface area is 162 Å². The number of rotatable bonds is 11. The summed E-state index contributed by atoms with van der Waals surface area (Å²) in [5.41, 5.74) is 5.52. The highest BCUT2D eigenvalue weighted by molar-refractivity contribution is 7.80. The lowest BCUT2D eigenvalue weighted by Crippen LogP contribution is -2.61. The summed E-state index contributed by atoms with van der Waals surface area (Å²) < 4.78 is 0. The number of hydrogen-bond acceptors (Lipinski definition) is 8. The van der Waals surface area contributed by atoms with E-state index in [1.165, 1.54) is 6.92 Å². The van der Waals surface area contributed by atoms with Crippen LogP contribution in [0.25, 0.3) is 0 Å². The third kappa shape index (κ3) is 8.12. The van der Waals surface area contributed by atoms with Gasteiger partial charge in [-0.1, -0.05) is 13.8 Å². The van der Waals surface area contributed by atoms with E-state index in [0.717, 1.165) is 0 Å². The summed E-state index contributed by atoms with van der Waals surface area (Å²) in [6, 6.07) is -5.07. The Morgan fingerprint density at radius 2 is 1.44 bits per heavy atom. The Hall–Kier alpha value is -1.89. The van der Waals surface area contributed by atoms with Crippen molar-refractivity contribution < 1.29 is 34.5 Å². The van der Waals surface area contributed by atoms with E-state index in [1.54, 1.807) is 13.8 Å². The Balaban J connectivity index is 5.24. The van der Waals surface area contributed by atoms with Gasteiger partial charge in [-0.3, -0.25) is 14.4 Å². The van der Waals surface area contributed by atoms with E-state index in [1.807, 2.05) is 0 Å². The highest BCUT2D eigenvalue weighted by Gasteiger charge is 2.33. The lowest BCUT2D eigenvalue weighted by Gasteiger charge is -2.27. The lowest BCUT2D eigenvalue weighted by molar-refractivity contribution is -0.143.